The number of benzene rings is 2. The molecule has 0 bridgehead atoms. The molecule has 2 aromatic rings. The summed E-state index contributed by atoms with van der Waals surface area (Å²) in [5.74, 6) is 0.128. The Bertz CT molecular complexity index is 560. The SMILES string of the molecule is CCN(C)C(=O)CNCc1cccc2ccccc12. The van der Waals surface area contributed by atoms with E-state index >= 15 is 0 Å². The first-order valence-electron chi connectivity index (χ1n) is 6.63. The third kappa shape index (κ3) is 3.32. The van der Waals surface area contributed by atoms with Crippen LogP contribution in [0.4, 0.5) is 0 Å². The van der Waals surface area contributed by atoms with Gasteiger partial charge in [0.15, 0.2) is 0 Å². The molecule has 0 spiro atoms. The minimum absolute atomic E-state index is 0.128. The van der Waals surface area contributed by atoms with Gasteiger partial charge in [-0.3, -0.25) is 4.79 Å². The van der Waals surface area contributed by atoms with E-state index in [1.165, 1.54) is 16.3 Å². The molecule has 0 aliphatic heterocycles. The van der Waals surface area contributed by atoms with E-state index in [2.05, 4.69) is 35.6 Å². The van der Waals surface area contributed by atoms with Crippen LogP contribution in [0.1, 0.15) is 12.5 Å². The van der Waals surface area contributed by atoms with Gasteiger partial charge in [0.1, 0.15) is 0 Å². The van der Waals surface area contributed by atoms with Crippen LogP contribution in [0.5, 0.6) is 0 Å². The number of carbonyl (C=O) groups excluding carboxylic acids is 1. The molecular formula is C16H20N2O. The summed E-state index contributed by atoms with van der Waals surface area (Å²) < 4.78 is 0. The van der Waals surface area contributed by atoms with Crippen LogP contribution in [-0.4, -0.2) is 30.9 Å². The Morgan fingerprint density at radius 1 is 1.16 bits per heavy atom. The van der Waals surface area contributed by atoms with Gasteiger partial charge in [0.2, 0.25) is 5.91 Å². The van der Waals surface area contributed by atoms with E-state index in [0.717, 1.165) is 6.54 Å². The fourth-order valence-corrected chi connectivity index (χ4v) is 2.06. The van der Waals surface area contributed by atoms with Crippen molar-refractivity contribution in [1.29, 1.82) is 0 Å². The van der Waals surface area contributed by atoms with Gasteiger partial charge in [0, 0.05) is 20.1 Å². The van der Waals surface area contributed by atoms with Crippen molar-refractivity contribution in [2.24, 2.45) is 0 Å². The van der Waals surface area contributed by atoms with Gasteiger partial charge in [-0.1, -0.05) is 42.5 Å². The maximum absolute atomic E-state index is 11.7. The average Bonchev–Trinajstić information content (AvgIpc) is 2.46. The van der Waals surface area contributed by atoms with Crippen molar-refractivity contribution in [2.45, 2.75) is 13.5 Å². The highest BCUT2D eigenvalue weighted by molar-refractivity contribution is 5.85. The van der Waals surface area contributed by atoms with E-state index in [9.17, 15) is 4.79 Å². The van der Waals surface area contributed by atoms with Gasteiger partial charge in [-0.15, -0.1) is 0 Å². The van der Waals surface area contributed by atoms with E-state index in [1.807, 2.05) is 26.1 Å². The summed E-state index contributed by atoms with van der Waals surface area (Å²) in [6.07, 6.45) is 0. The van der Waals surface area contributed by atoms with Crippen LogP contribution in [-0.2, 0) is 11.3 Å². The molecule has 0 radical (unpaired) electrons. The van der Waals surface area contributed by atoms with Crippen molar-refractivity contribution in [3.8, 4) is 0 Å². The summed E-state index contributed by atoms with van der Waals surface area (Å²) in [6, 6.07) is 14.6. The van der Waals surface area contributed by atoms with Gasteiger partial charge in [-0.05, 0) is 23.3 Å². The molecular weight excluding hydrogens is 236 g/mol. The maximum Gasteiger partial charge on any atom is 0.236 e. The van der Waals surface area contributed by atoms with E-state index < -0.39 is 0 Å². The Hall–Kier alpha value is -1.87. The lowest BCUT2D eigenvalue weighted by atomic mass is 10.0. The predicted octanol–water partition coefficient (Wildman–Crippen LogP) is 2.41. The molecule has 0 unspecified atom stereocenters. The number of nitrogens with zero attached hydrogens (tertiary/aromatic N) is 1. The van der Waals surface area contributed by atoms with Gasteiger partial charge in [-0.2, -0.15) is 0 Å². The second kappa shape index (κ2) is 6.34. The number of carbonyl (C=O) groups is 1. The minimum Gasteiger partial charge on any atom is -0.345 e. The van der Waals surface area contributed by atoms with Crippen LogP contribution < -0.4 is 5.32 Å². The zero-order chi connectivity index (χ0) is 13.7. The van der Waals surface area contributed by atoms with Crippen LogP contribution in [0.25, 0.3) is 10.8 Å². The normalized spacial score (nSPS) is 10.6. The molecule has 0 heterocycles. The number of fused-ring (bicyclic) bond motifs is 1. The van der Waals surface area contributed by atoms with Crippen LogP contribution >= 0.6 is 0 Å². The molecule has 19 heavy (non-hydrogen) atoms. The lowest BCUT2D eigenvalue weighted by molar-refractivity contribution is -0.128. The molecule has 1 N–H and O–H groups in total. The largest absolute Gasteiger partial charge is 0.345 e. The molecule has 0 aliphatic carbocycles. The molecule has 100 valence electrons. The summed E-state index contributed by atoms with van der Waals surface area (Å²) >= 11 is 0. The van der Waals surface area contributed by atoms with Gasteiger partial charge in [0.25, 0.3) is 0 Å². The van der Waals surface area contributed by atoms with Crippen molar-refractivity contribution in [3.05, 3.63) is 48.0 Å². The zero-order valence-electron chi connectivity index (χ0n) is 11.5. The fourth-order valence-electron chi connectivity index (χ4n) is 2.06. The van der Waals surface area contributed by atoms with Crippen LogP contribution in [0, 0.1) is 0 Å². The minimum atomic E-state index is 0.128. The molecule has 3 heteroatoms. The Kier molecular flexibility index (Phi) is 4.53. The Labute approximate surface area is 114 Å². The first kappa shape index (κ1) is 13.6. The number of hydrogen-bond acceptors (Lipinski definition) is 2. The Balaban J connectivity index is 2.01. The molecule has 0 atom stereocenters. The molecule has 0 saturated heterocycles. The van der Waals surface area contributed by atoms with E-state index in [0.29, 0.717) is 13.1 Å². The summed E-state index contributed by atoms with van der Waals surface area (Å²) in [7, 11) is 1.82. The second-order valence-electron chi connectivity index (χ2n) is 4.65. The number of rotatable bonds is 5. The van der Waals surface area contributed by atoms with E-state index in [4.69, 9.17) is 0 Å². The highest BCUT2D eigenvalue weighted by Crippen LogP contribution is 2.17. The first-order chi connectivity index (χ1) is 9.22. The lowest BCUT2D eigenvalue weighted by Gasteiger charge is -2.15. The first-order valence-corrected chi connectivity index (χ1v) is 6.63. The third-order valence-corrected chi connectivity index (χ3v) is 3.37. The van der Waals surface area contributed by atoms with Crippen LogP contribution in [0.15, 0.2) is 42.5 Å². The smallest absolute Gasteiger partial charge is 0.236 e. The number of nitrogens with one attached hydrogen (secondary N) is 1. The van der Waals surface area contributed by atoms with Crippen molar-refractivity contribution >= 4 is 16.7 Å². The Morgan fingerprint density at radius 2 is 1.89 bits per heavy atom. The summed E-state index contributed by atoms with van der Waals surface area (Å²) in [4.78, 5) is 13.4. The number of likely N-dealkylation sites (N-methyl/N-ethyl adjacent to an activating group) is 1. The van der Waals surface area contributed by atoms with Crippen LogP contribution in [0.2, 0.25) is 0 Å². The summed E-state index contributed by atoms with van der Waals surface area (Å²) in [5, 5.41) is 5.70. The topological polar surface area (TPSA) is 32.3 Å². The Morgan fingerprint density at radius 3 is 2.68 bits per heavy atom. The number of hydrogen-bond donors (Lipinski definition) is 1. The molecule has 0 aliphatic rings. The summed E-state index contributed by atoms with van der Waals surface area (Å²) in [6.45, 7) is 3.82. The second-order valence-corrected chi connectivity index (χ2v) is 4.65. The lowest BCUT2D eigenvalue weighted by Crippen LogP contribution is -2.35. The molecule has 0 fully saturated rings. The predicted molar refractivity (Wildman–Crippen MR) is 79.0 cm³/mol. The monoisotopic (exact) mass is 256 g/mol. The molecule has 0 saturated carbocycles. The van der Waals surface area contributed by atoms with Gasteiger partial charge in [-0.25, -0.2) is 0 Å². The number of amides is 1. The quantitative estimate of drug-likeness (QED) is 0.891. The highest BCUT2D eigenvalue weighted by atomic mass is 16.2. The molecule has 0 aromatic heterocycles. The third-order valence-electron chi connectivity index (χ3n) is 3.37. The van der Waals surface area contributed by atoms with Crippen molar-refractivity contribution in [2.75, 3.05) is 20.1 Å². The zero-order valence-corrected chi connectivity index (χ0v) is 11.5. The fraction of sp³-hybridized carbons (Fsp3) is 0.312. The highest BCUT2D eigenvalue weighted by Gasteiger charge is 2.06. The summed E-state index contributed by atoms with van der Waals surface area (Å²) in [5.41, 5.74) is 1.23. The van der Waals surface area contributed by atoms with Crippen molar-refractivity contribution in [1.82, 2.24) is 10.2 Å². The molecule has 1 amide bonds. The van der Waals surface area contributed by atoms with Gasteiger partial charge >= 0.3 is 0 Å². The average molecular weight is 256 g/mol. The van der Waals surface area contributed by atoms with Gasteiger partial charge < -0.3 is 10.2 Å². The van der Waals surface area contributed by atoms with Crippen molar-refractivity contribution < 1.29 is 4.79 Å². The molecule has 3 nitrogen and oxygen atoms in total. The molecule has 2 aromatic carbocycles. The van der Waals surface area contributed by atoms with E-state index in [1.54, 1.807) is 4.90 Å². The van der Waals surface area contributed by atoms with Gasteiger partial charge in [0.05, 0.1) is 6.54 Å². The van der Waals surface area contributed by atoms with E-state index in [-0.39, 0.29) is 5.91 Å². The molecule has 2 rings (SSSR count). The maximum atomic E-state index is 11.7. The standard InChI is InChI=1S/C16H20N2O/c1-3-18(2)16(19)12-17-11-14-9-6-8-13-7-4-5-10-15(13)14/h4-10,17H,3,11-12H2,1-2H3. The van der Waals surface area contributed by atoms with Crippen LogP contribution in [0.3, 0.4) is 0 Å². The van der Waals surface area contributed by atoms with Crippen molar-refractivity contribution in [3.63, 3.8) is 0 Å².